The topological polar surface area (TPSA) is 118 Å². The zero-order valence-electron chi connectivity index (χ0n) is 15.2. The average molecular weight is 373 g/mol. The van der Waals surface area contributed by atoms with Crippen molar-refractivity contribution in [3.63, 3.8) is 0 Å². The summed E-state index contributed by atoms with van der Waals surface area (Å²) in [5.74, 6) is -3.38. The Balaban J connectivity index is 2.44. The smallest absolute Gasteiger partial charge is 0.337 e. The maximum atomic E-state index is 12.8. The lowest BCUT2D eigenvalue weighted by atomic mass is 9.75. The van der Waals surface area contributed by atoms with Gasteiger partial charge < -0.3 is 19.0 Å². The van der Waals surface area contributed by atoms with Crippen LogP contribution in [0.4, 0.5) is 0 Å². The van der Waals surface area contributed by atoms with E-state index in [9.17, 15) is 19.2 Å². The van der Waals surface area contributed by atoms with Gasteiger partial charge in [-0.25, -0.2) is 14.4 Å². The average Bonchev–Trinajstić information content (AvgIpc) is 3.10. The minimum Gasteiger partial charge on any atom is -0.467 e. The van der Waals surface area contributed by atoms with Gasteiger partial charge in [0.05, 0.1) is 20.3 Å². The molecule has 0 aromatic rings. The van der Waals surface area contributed by atoms with Gasteiger partial charge >= 0.3 is 17.9 Å². The third-order valence-electron chi connectivity index (χ3n) is 4.35. The molecule has 2 heterocycles. The first-order valence-electron chi connectivity index (χ1n) is 8.36. The van der Waals surface area contributed by atoms with Crippen LogP contribution in [0, 0.1) is 5.92 Å². The normalized spacial score (nSPS) is 30.5. The highest BCUT2D eigenvalue weighted by Gasteiger charge is 2.70. The minimum atomic E-state index is -1.63. The molecular weight excluding hydrogens is 350 g/mol. The van der Waals surface area contributed by atoms with Gasteiger partial charge in [0.15, 0.2) is 17.7 Å². The molecule has 0 N–H and O–H groups in total. The van der Waals surface area contributed by atoms with Gasteiger partial charge in [0.25, 0.3) is 0 Å². The summed E-state index contributed by atoms with van der Waals surface area (Å²) >= 11 is 0. The molecule has 26 heavy (non-hydrogen) atoms. The van der Waals surface area contributed by atoms with E-state index in [-0.39, 0.29) is 31.8 Å². The number of carbonyl (C=O) groups is 4. The summed E-state index contributed by atoms with van der Waals surface area (Å²) in [7, 11) is 1.18. The van der Waals surface area contributed by atoms with Crippen molar-refractivity contribution in [1.82, 2.24) is 5.23 Å². The first-order chi connectivity index (χ1) is 12.3. The minimum absolute atomic E-state index is 0.0637. The molecule has 0 aromatic carbocycles. The summed E-state index contributed by atoms with van der Waals surface area (Å²) in [5.41, 5.74) is -1.63. The van der Waals surface area contributed by atoms with Crippen LogP contribution in [0.25, 0.3) is 0 Å². The van der Waals surface area contributed by atoms with E-state index in [0.29, 0.717) is 0 Å². The Morgan fingerprint density at radius 1 is 1.08 bits per heavy atom. The summed E-state index contributed by atoms with van der Waals surface area (Å²) in [6.45, 7) is 4.74. The van der Waals surface area contributed by atoms with Gasteiger partial charge in [0.2, 0.25) is 0 Å². The van der Waals surface area contributed by atoms with Crippen LogP contribution in [0.2, 0.25) is 0 Å². The summed E-state index contributed by atoms with van der Waals surface area (Å²) in [5, 5.41) is 0.807. The second-order valence-electron chi connectivity index (χ2n) is 6.01. The predicted molar refractivity (Wildman–Crippen MR) is 83.0 cm³/mol. The largest absolute Gasteiger partial charge is 0.467 e. The van der Waals surface area contributed by atoms with Crippen LogP contribution >= 0.6 is 0 Å². The number of hydrogen-bond donors (Lipinski definition) is 0. The zero-order valence-corrected chi connectivity index (χ0v) is 15.2. The molecule has 10 heteroatoms. The van der Waals surface area contributed by atoms with E-state index >= 15 is 0 Å². The van der Waals surface area contributed by atoms with Gasteiger partial charge in [-0.05, 0) is 26.0 Å². The number of Topliss-reactive ketones (excluding diaryl/α,β-unsaturated/α-hetero) is 1. The van der Waals surface area contributed by atoms with Gasteiger partial charge in [-0.2, -0.15) is 0 Å². The SMILES string of the molecule is CCOC(=O)[C@@H]1ON2O[C@H](C(=O)OC)C[C@]2(C(=O)OCC)[C@@H]1CC(C)=O. The van der Waals surface area contributed by atoms with Crippen molar-refractivity contribution in [2.45, 2.75) is 51.4 Å². The van der Waals surface area contributed by atoms with E-state index in [4.69, 9.17) is 19.1 Å². The lowest BCUT2D eigenvalue weighted by molar-refractivity contribution is -0.362. The van der Waals surface area contributed by atoms with E-state index in [0.717, 1.165) is 5.23 Å². The van der Waals surface area contributed by atoms with E-state index in [2.05, 4.69) is 4.74 Å². The molecule has 0 aliphatic carbocycles. The molecule has 0 amide bonds. The maximum Gasteiger partial charge on any atom is 0.337 e. The Hall–Kier alpha value is -2.04. The van der Waals surface area contributed by atoms with Crippen molar-refractivity contribution in [3.8, 4) is 0 Å². The molecule has 2 aliphatic rings. The number of ketones is 1. The van der Waals surface area contributed by atoms with Crippen molar-refractivity contribution in [1.29, 1.82) is 0 Å². The quantitative estimate of drug-likeness (QED) is 0.443. The predicted octanol–water partition coefficient (Wildman–Crippen LogP) is -0.0606. The van der Waals surface area contributed by atoms with Crippen molar-refractivity contribution >= 4 is 23.7 Å². The molecular formula is C16H23NO9. The number of carbonyl (C=O) groups excluding carboxylic acids is 4. The highest BCUT2D eigenvalue weighted by molar-refractivity contribution is 5.89. The number of hydroxylamine groups is 2. The monoisotopic (exact) mass is 373 g/mol. The van der Waals surface area contributed by atoms with Crippen LogP contribution in [-0.2, 0) is 43.1 Å². The van der Waals surface area contributed by atoms with E-state index < -0.39 is 41.6 Å². The van der Waals surface area contributed by atoms with E-state index in [1.54, 1.807) is 13.8 Å². The number of fused-ring (bicyclic) bond motifs is 1. The standard InChI is InChI=1S/C16H23NO9/c1-5-23-14(20)12-10(7-9(3)18)16(15(21)24-6-2)8-11(13(19)22-4)25-17(16)26-12/h10-12H,5-8H2,1-4H3/t10-,11+,12-,16-/m1/s1. The van der Waals surface area contributed by atoms with E-state index in [1.807, 2.05) is 0 Å². The fourth-order valence-corrected chi connectivity index (χ4v) is 3.28. The van der Waals surface area contributed by atoms with Crippen LogP contribution < -0.4 is 0 Å². The fraction of sp³-hybridized carbons (Fsp3) is 0.750. The highest BCUT2D eigenvalue weighted by atomic mass is 17.0. The summed E-state index contributed by atoms with van der Waals surface area (Å²) in [6, 6.07) is 0. The fourth-order valence-electron chi connectivity index (χ4n) is 3.28. The molecule has 2 fully saturated rings. The third-order valence-corrected chi connectivity index (χ3v) is 4.35. The Kier molecular flexibility index (Phi) is 6.32. The number of methoxy groups -OCH3 is 1. The summed E-state index contributed by atoms with van der Waals surface area (Å²) in [6.07, 6.45) is -2.69. The highest BCUT2D eigenvalue weighted by Crippen LogP contribution is 2.49. The third kappa shape index (κ3) is 3.44. The molecule has 146 valence electrons. The van der Waals surface area contributed by atoms with Crippen LogP contribution in [0.1, 0.15) is 33.6 Å². The number of rotatable bonds is 7. The molecule has 0 aromatic heterocycles. The maximum absolute atomic E-state index is 12.8. The molecule has 2 saturated heterocycles. The second-order valence-corrected chi connectivity index (χ2v) is 6.01. The first-order valence-corrected chi connectivity index (χ1v) is 8.36. The van der Waals surface area contributed by atoms with Crippen molar-refractivity contribution < 1.29 is 43.1 Å². The number of ether oxygens (including phenoxy) is 3. The lowest BCUT2D eigenvalue weighted by Crippen LogP contribution is -2.52. The van der Waals surface area contributed by atoms with Crippen molar-refractivity contribution in [2.75, 3.05) is 20.3 Å². The number of hydrogen-bond acceptors (Lipinski definition) is 10. The van der Waals surface area contributed by atoms with Crippen LogP contribution in [0.3, 0.4) is 0 Å². The van der Waals surface area contributed by atoms with Gasteiger partial charge in [0.1, 0.15) is 5.78 Å². The zero-order chi connectivity index (χ0) is 19.5. The second kappa shape index (κ2) is 8.11. The molecule has 0 radical (unpaired) electrons. The van der Waals surface area contributed by atoms with Crippen molar-refractivity contribution in [3.05, 3.63) is 0 Å². The van der Waals surface area contributed by atoms with Gasteiger partial charge in [0, 0.05) is 18.8 Å². The number of esters is 3. The lowest BCUT2D eigenvalue weighted by Gasteiger charge is -2.29. The molecule has 10 nitrogen and oxygen atoms in total. The Bertz CT molecular complexity index is 592. The first kappa shape index (κ1) is 20.3. The van der Waals surface area contributed by atoms with Crippen LogP contribution in [0.15, 0.2) is 0 Å². The van der Waals surface area contributed by atoms with Crippen molar-refractivity contribution in [2.24, 2.45) is 5.92 Å². The van der Waals surface area contributed by atoms with E-state index in [1.165, 1.54) is 14.0 Å². The molecule has 2 aliphatic heterocycles. The molecule has 0 unspecified atom stereocenters. The summed E-state index contributed by atoms with van der Waals surface area (Å²) in [4.78, 5) is 59.6. The Morgan fingerprint density at radius 2 is 1.73 bits per heavy atom. The Labute approximate surface area is 150 Å². The molecule has 0 bridgehead atoms. The molecule has 0 saturated carbocycles. The molecule has 4 atom stereocenters. The molecule has 0 spiro atoms. The van der Waals surface area contributed by atoms with Gasteiger partial charge in [-0.1, -0.05) is 0 Å². The molecule has 2 rings (SSSR count). The van der Waals surface area contributed by atoms with Gasteiger partial charge in [-0.3, -0.25) is 9.68 Å². The number of nitrogens with zero attached hydrogens (tertiary/aromatic N) is 1. The Morgan fingerprint density at radius 3 is 2.27 bits per heavy atom. The van der Waals surface area contributed by atoms with Crippen LogP contribution in [0.5, 0.6) is 0 Å². The summed E-state index contributed by atoms with van der Waals surface area (Å²) < 4.78 is 14.8. The van der Waals surface area contributed by atoms with Gasteiger partial charge in [-0.15, -0.1) is 0 Å². The van der Waals surface area contributed by atoms with Crippen LogP contribution in [-0.4, -0.2) is 67.0 Å².